The largest absolute Gasteiger partial charge is 0.503 e. The second kappa shape index (κ2) is 10.3. The van der Waals surface area contributed by atoms with Gasteiger partial charge in [0.15, 0.2) is 28.1 Å². The smallest absolute Gasteiger partial charge is 0.350 e. The van der Waals surface area contributed by atoms with Crippen LogP contribution in [0.4, 0.5) is 5.13 Å². The van der Waals surface area contributed by atoms with Gasteiger partial charge >= 0.3 is 5.97 Å². The summed E-state index contributed by atoms with van der Waals surface area (Å²) in [6.45, 7) is 3.47. The first-order chi connectivity index (χ1) is 18.8. The Morgan fingerprint density at radius 2 is 1.85 bits per heavy atom. The zero-order valence-electron chi connectivity index (χ0n) is 21.5. The highest BCUT2D eigenvalue weighted by Gasteiger charge is 2.47. The molecule has 0 spiro atoms. The number of amides is 1. The molecule has 5 rings (SSSR count). The van der Waals surface area contributed by atoms with Crippen molar-refractivity contribution in [3.8, 4) is 11.5 Å². The van der Waals surface area contributed by atoms with Crippen LogP contribution >= 0.6 is 11.3 Å². The summed E-state index contributed by atoms with van der Waals surface area (Å²) in [5, 5.41) is 11.9. The van der Waals surface area contributed by atoms with Crippen molar-refractivity contribution in [3.05, 3.63) is 81.8 Å². The number of furan rings is 1. The first-order valence-corrected chi connectivity index (χ1v) is 12.8. The minimum Gasteiger partial charge on any atom is -0.503 e. The summed E-state index contributed by atoms with van der Waals surface area (Å²) >= 11 is 0.931. The summed E-state index contributed by atoms with van der Waals surface area (Å²) in [4.78, 5) is 45.7. The maximum atomic E-state index is 13.8. The van der Waals surface area contributed by atoms with Gasteiger partial charge in [-0.25, -0.2) is 9.78 Å². The molecule has 1 atom stereocenters. The quantitative estimate of drug-likeness (QED) is 0.234. The van der Waals surface area contributed by atoms with Gasteiger partial charge in [-0.2, -0.15) is 0 Å². The fraction of sp³-hybridized carbons (Fsp3) is 0.214. The number of Topliss-reactive ketones (excluding diaryl/α,β-unsaturated/α-hetero) is 1. The number of rotatable bonds is 8. The maximum absolute atomic E-state index is 13.8. The summed E-state index contributed by atoms with van der Waals surface area (Å²) in [7, 11) is 2.95. The van der Waals surface area contributed by atoms with Crippen molar-refractivity contribution in [1.29, 1.82) is 0 Å². The van der Waals surface area contributed by atoms with Gasteiger partial charge < -0.3 is 23.7 Å². The summed E-state index contributed by atoms with van der Waals surface area (Å²) in [5.41, 5.74) is 1.08. The Balaban J connectivity index is 1.67. The Morgan fingerprint density at radius 3 is 2.54 bits per heavy atom. The molecule has 1 N–H and O–H groups in total. The summed E-state index contributed by atoms with van der Waals surface area (Å²) in [6, 6.07) is 12.4. The van der Waals surface area contributed by atoms with Crippen LogP contribution < -0.4 is 14.4 Å². The molecule has 10 nitrogen and oxygen atoms in total. The highest BCUT2D eigenvalue weighted by atomic mass is 32.1. The number of benzene rings is 2. The maximum Gasteiger partial charge on any atom is 0.350 e. The average Bonchev–Trinajstić information content (AvgIpc) is 3.62. The number of ketones is 1. The fourth-order valence-electron chi connectivity index (χ4n) is 4.47. The lowest BCUT2D eigenvalue weighted by Gasteiger charge is -2.25. The zero-order chi connectivity index (χ0) is 27.8. The molecular weight excluding hydrogens is 524 g/mol. The molecule has 3 heterocycles. The predicted molar refractivity (Wildman–Crippen MR) is 143 cm³/mol. The van der Waals surface area contributed by atoms with Gasteiger partial charge in [-0.1, -0.05) is 35.6 Å². The summed E-state index contributed by atoms with van der Waals surface area (Å²) < 4.78 is 21.7. The number of aliphatic hydroxyl groups excluding tert-OH is 1. The van der Waals surface area contributed by atoms with E-state index in [1.807, 2.05) is 6.07 Å². The lowest BCUT2D eigenvalue weighted by atomic mass is 9.95. The molecule has 0 saturated heterocycles. The molecule has 200 valence electrons. The van der Waals surface area contributed by atoms with E-state index in [9.17, 15) is 19.5 Å². The van der Waals surface area contributed by atoms with Gasteiger partial charge in [0, 0.05) is 5.39 Å². The number of thiazole rings is 1. The molecule has 0 radical (unpaired) electrons. The van der Waals surface area contributed by atoms with Gasteiger partial charge in [-0.15, -0.1) is 0 Å². The molecule has 0 unspecified atom stereocenters. The fourth-order valence-corrected chi connectivity index (χ4v) is 5.46. The summed E-state index contributed by atoms with van der Waals surface area (Å²) in [6.07, 6.45) is 0. The second-order valence-corrected chi connectivity index (χ2v) is 9.54. The second-order valence-electron chi connectivity index (χ2n) is 8.56. The predicted octanol–water partition coefficient (Wildman–Crippen LogP) is 5.17. The number of hydrogen-bond acceptors (Lipinski definition) is 10. The van der Waals surface area contributed by atoms with E-state index in [2.05, 4.69) is 4.98 Å². The van der Waals surface area contributed by atoms with Crippen molar-refractivity contribution in [2.45, 2.75) is 19.9 Å². The van der Waals surface area contributed by atoms with Crippen LogP contribution in [0.1, 0.15) is 44.4 Å². The third-order valence-electron chi connectivity index (χ3n) is 6.28. The highest BCUT2D eigenvalue weighted by molar-refractivity contribution is 7.17. The van der Waals surface area contributed by atoms with Gasteiger partial charge in [0.1, 0.15) is 10.5 Å². The summed E-state index contributed by atoms with van der Waals surface area (Å²) in [5.74, 6) is -2.09. The lowest BCUT2D eigenvalue weighted by molar-refractivity contribution is -0.117. The minimum atomic E-state index is -1.11. The van der Waals surface area contributed by atoms with E-state index >= 15 is 0 Å². The van der Waals surface area contributed by atoms with Crippen LogP contribution in [0.2, 0.25) is 0 Å². The third kappa shape index (κ3) is 4.40. The Bertz CT molecular complexity index is 1620. The van der Waals surface area contributed by atoms with E-state index < -0.39 is 29.5 Å². The number of methoxy groups -OCH3 is 2. The van der Waals surface area contributed by atoms with Gasteiger partial charge in [0.25, 0.3) is 5.91 Å². The number of ether oxygens (including phenoxy) is 3. The van der Waals surface area contributed by atoms with Gasteiger partial charge in [-0.3, -0.25) is 14.5 Å². The SMILES string of the molecule is CCOC(=O)c1sc(N2C(=O)C(O)=C(C(=O)c3cc4ccccc4o3)[C@@H]2c2ccc(OC)c(OC)c2)nc1C. The van der Waals surface area contributed by atoms with Gasteiger partial charge in [-0.05, 0) is 43.7 Å². The molecule has 1 amide bonds. The Morgan fingerprint density at radius 1 is 1.10 bits per heavy atom. The van der Waals surface area contributed by atoms with Crippen LogP contribution in [0.5, 0.6) is 11.5 Å². The van der Waals surface area contributed by atoms with Gasteiger partial charge in [0.05, 0.1) is 38.1 Å². The molecule has 39 heavy (non-hydrogen) atoms. The van der Waals surface area contributed by atoms with E-state index in [1.165, 1.54) is 19.1 Å². The van der Waals surface area contributed by atoms with Crippen molar-refractivity contribution in [3.63, 3.8) is 0 Å². The number of aliphatic hydroxyl groups is 1. The van der Waals surface area contributed by atoms with Crippen LogP contribution in [0, 0.1) is 6.92 Å². The molecule has 1 aliphatic heterocycles. The number of anilines is 1. The minimum absolute atomic E-state index is 0.0413. The number of nitrogens with zero attached hydrogens (tertiary/aromatic N) is 2. The van der Waals surface area contributed by atoms with Crippen LogP contribution in [-0.4, -0.2) is 48.6 Å². The Hall–Kier alpha value is -4.64. The number of carbonyl (C=O) groups excluding carboxylic acids is 3. The monoisotopic (exact) mass is 548 g/mol. The molecule has 0 fully saturated rings. The zero-order valence-corrected chi connectivity index (χ0v) is 22.3. The molecule has 2 aromatic carbocycles. The van der Waals surface area contributed by atoms with Crippen molar-refractivity contribution in [1.82, 2.24) is 4.98 Å². The molecule has 1 aliphatic rings. The van der Waals surface area contributed by atoms with Crippen molar-refractivity contribution < 1.29 is 38.1 Å². The molecule has 0 aliphatic carbocycles. The van der Waals surface area contributed by atoms with Crippen molar-refractivity contribution in [2.24, 2.45) is 0 Å². The van der Waals surface area contributed by atoms with Crippen LogP contribution in [0.3, 0.4) is 0 Å². The molecular formula is C28H24N2O8S. The molecule has 4 aromatic rings. The number of aromatic nitrogens is 1. The lowest BCUT2D eigenvalue weighted by Crippen LogP contribution is -2.31. The van der Waals surface area contributed by atoms with E-state index in [4.69, 9.17) is 18.6 Å². The number of para-hydroxylation sites is 1. The van der Waals surface area contributed by atoms with Crippen molar-refractivity contribution in [2.75, 3.05) is 25.7 Å². The van der Waals surface area contributed by atoms with E-state index in [-0.39, 0.29) is 27.9 Å². The van der Waals surface area contributed by atoms with Crippen LogP contribution in [0.15, 0.2) is 64.3 Å². The number of fused-ring (bicyclic) bond motifs is 1. The first-order valence-electron chi connectivity index (χ1n) is 11.9. The Labute approximate surface area is 227 Å². The van der Waals surface area contributed by atoms with Gasteiger partial charge in [0.2, 0.25) is 5.78 Å². The number of carbonyl (C=O) groups is 3. The number of hydrogen-bond donors (Lipinski definition) is 1. The molecule has 0 bridgehead atoms. The van der Waals surface area contributed by atoms with Crippen LogP contribution in [-0.2, 0) is 9.53 Å². The molecule has 2 aromatic heterocycles. The van der Waals surface area contributed by atoms with E-state index in [0.29, 0.717) is 33.7 Å². The normalized spacial score (nSPS) is 15.2. The van der Waals surface area contributed by atoms with E-state index in [0.717, 1.165) is 11.3 Å². The van der Waals surface area contributed by atoms with E-state index in [1.54, 1.807) is 56.3 Å². The molecule has 0 saturated carbocycles. The molecule has 11 heteroatoms. The number of esters is 1. The average molecular weight is 549 g/mol. The number of aryl methyl sites for hydroxylation is 1. The third-order valence-corrected chi connectivity index (χ3v) is 7.41. The standard InChI is InChI=1S/C28H24N2O8S/c1-5-37-27(34)25-14(2)29-28(39-25)30-22(16-10-11-18(35-3)19(13-16)36-4)21(24(32)26(30)33)23(31)20-12-15-8-6-7-9-17(15)38-20/h6-13,22,32H,5H2,1-4H3/t22-/m0/s1. The first kappa shape index (κ1) is 26.0. The topological polar surface area (TPSA) is 128 Å². The Kier molecular flexibility index (Phi) is 6.83. The highest BCUT2D eigenvalue weighted by Crippen LogP contribution is 2.45. The van der Waals surface area contributed by atoms with Crippen molar-refractivity contribution >= 4 is 45.1 Å². The van der Waals surface area contributed by atoms with Crippen LogP contribution in [0.25, 0.3) is 11.0 Å².